The van der Waals surface area contributed by atoms with Gasteiger partial charge in [-0.25, -0.2) is 0 Å². The highest BCUT2D eigenvalue weighted by Crippen LogP contribution is 2.68. The average Bonchev–Trinajstić information content (AvgIpc) is 3.00. The standard InChI is InChI=1S/C29H24OS/c1-4-9-20-21-12-7-8-13-22(21)29(30)26-16-25-24-14-18-10-5-6-11-19(18)15-27(24)31(2,3)28(25)17-23(20)26/h5-17H,4H2,1-3H3/b20-9-. The van der Waals surface area contributed by atoms with Gasteiger partial charge in [-0.2, -0.15) is 10.0 Å². The molecule has 0 spiro atoms. The van der Waals surface area contributed by atoms with Crippen molar-refractivity contribution in [3.63, 3.8) is 0 Å². The van der Waals surface area contributed by atoms with Crippen LogP contribution in [-0.2, 0) is 0 Å². The summed E-state index contributed by atoms with van der Waals surface area (Å²) >= 11 is 0. The van der Waals surface area contributed by atoms with Crippen LogP contribution in [0.5, 0.6) is 0 Å². The number of benzene rings is 4. The van der Waals surface area contributed by atoms with Crippen LogP contribution in [0.25, 0.3) is 27.5 Å². The van der Waals surface area contributed by atoms with E-state index >= 15 is 0 Å². The van der Waals surface area contributed by atoms with E-state index in [0.717, 1.165) is 28.7 Å². The average molecular weight is 421 g/mol. The van der Waals surface area contributed by atoms with Crippen molar-refractivity contribution in [3.8, 4) is 11.1 Å². The van der Waals surface area contributed by atoms with Gasteiger partial charge in [0.1, 0.15) is 0 Å². The number of carbonyl (C=O) groups excluding carboxylic acids is 1. The van der Waals surface area contributed by atoms with Gasteiger partial charge in [0.25, 0.3) is 0 Å². The van der Waals surface area contributed by atoms with Crippen LogP contribution in [0.3, 0.4) is 0 Å². The van der Waals surface area contributed by atoms with E-state index < -0.39 is 10.0 Å². The van der Waals surface area contributed by atoms with Crippen molar-refractivity contribution >= 4 is 32.2 Å². The second kappa shape index (κ2) is 6.45. The van der Waals surface area contributed by atoms with Crippen LogP contribution in [0, 0.1) is 0 Å². The number of hydrogen-bond acceptors (Lipinski definition) is 1. The molecular formula is C29H24OS. The summed E-state index contributed by atoms with van der Waals surface area (Å²) in [5.74, 6) is 0.142. The molecule has 2 aliphatic rings. The molecule has 31 heavy (non-hydrogen) atoms. The van der Waals surface area contributed by atoms with E-state index in [9.17, 15) is 4.79 Å². The van der Waals surface area contributed by atoms with Crippen molar-refractivity contribution in [2.24, 2.45) is 0 Å². The number of fused-ring (bicyclic) bond motifs is 6. The van der Waals surface area contributed by atoms with Gasteiger partial charge in [-0.15, -0.1) is 0 Å². The first-order chi connectivity index (χ1) is 15.0. The maximum absolute atomic E-state index is 13.5. The Labute approximate surface area is 184 Å². The van der Waals surface area contributed by atoms with Gasteiger partial charge >= 0.3 is 0 Å². The predicted octanol–water partition coefficient (Wildman–Crippen LogP) is 7.69. The van der Waals surface area contributed by atoms with Crippen molar-refractivity contribution < 1.29 is 4.79 Å². The molecule has 1 heterocycles. The molecule has 0 radical (unpaired) electrons. The Kier molecular flexibility index (Phi) is 3.88. The normalized spacial score (nSPS) is 17.8. The van der Waals surface area contributed by atoms with Crippen LogP contribution in [0.15, 0.2) is 88.7 Å². The Bertz CT molecular complexity index is 1460. The SMILES string of the molecule is CC/C=C1/c2ccccc2C(=O)c2cc3c(cc21)S(C)(C)c1cc2ccccc2cc1-3. The summed E-state index contributed by atoms with van der Waals surface area (Å²) in [5, 5.41) is 2.54. The van der Waals surface area contributed by atoms with E-state index in [1.807, 2.05) is 18.2 Å². The zero-order chi connectivity index (χ0) is 21.3. The molecule has 6 rings (SSSR count). The molecular weight excluding hydrogens is 396 g/mol. The summed E-state index contributed by atoms with van der Waals surface area (Å²) in [6.07, 6.45) is 7.99. The summed E-state index contributed by atoms with van der Waals surface area (Å²) in [4.78, 5) is 16.3. The number of hydrogen-bond donors (Lipinski definition) is 0. The number of rotatable bonds is 1. The minimum Gasteiger partial charge on any atom is -0.289 e. The molecule has 0 unspecified atom stereocenters. The molecule has 0 N–H and O–H groups in total. The zero-order valence-corrected chi connectivity index (χ0v) is 18.8. The molecule has 4 aromatic rings. The van der Waals surface area contributed by atoms with E-state index in [-0.39, 0.29) is 5.78 Å². The molecule has 152 valence electrons. The van der Waals surface area contributed by atoms with Gasteiger partial charge in [0.15, 0.2) is 5.78 Å². The summed E-state index contributed by atoms with van der Waals surface area (Å²) in [6.45, 7) is 2.16. The van der Waals surface area contributed by atoms with Crippen LogP contribution < -0.4 is 0 Å². The van der Waals surface area contributed by atoms with Gasteiger partial charge in [0, 0.05) is 20.9 Å². The van der Waals surface area contributed by atoms with Gasteiger partial charge in [-0.05, 0) is 81.8 Å². The maximum atomic E-state index is 13.5. The van der Waals surface area contributed by atoms with Crippen LogP contribution in [0.1, 0.15) is 40.4 Å². The van der Waals surface area contributed by atoms with E-state index in [4.69, 9.17) is 0 Å². The summed E-state index contributed by atoms with van der Waals surface area (Å²) < 4.78 is 0. The molecule has 0 atom stereocenters. The molecule has 0 aromatic heterocycles. The minimum atomic E-state index is -1.16. The van der Waals surface area contributed by atoms with Gasteiger partial charge in [-0.1, -0.05) is 61.5 Å². The molecule has 0 fully saturated rings. The van der Waals surface area contributed by atoms with Crippen molar-refractivity contribution in [1.29, 1.82) is 0 Å². The summed E-state index contributed by atoms with van der Waals surface area (Å²) in [5.41, 5.74) is 7.56. The maximum Gasteiger partial charge on any atom is 0.194 e. The third-order valence-electron chi connectivity index (χ3n) is 6.76. The Morgan fingerprint density at radius 2 is 1.29 bits per heavy atom. The van der Waals surface area contributed by atoms with Gasteiger partial charge in [-0.3, -0.25) is 4.79 Å². The van der Waals surface area contributed by atoms with Gasteiger partial charge in [0.05, 0.1) is 0 Å². The van der Waals surface area contributed by atoms with E-state index in [2.05, 4.69) is 80.1 Å². The Morgan fingerprint density at radius 1 is 0.677 bits per heavy atom. The summed E-state index contributed by atoms with van der Waals surface area (Å²) in [6, 6.07) is 25.8. The topological polar surface area (TPSA) is 17.1 Å². The lowest BCUT2D eigenvalue weighted by Crippen LogP contribution is -2.15. The fourth-order valence-corrected chi connectivity index (χ4v) is 7.73. The highest BCUT2D eigenvalue weighted by molar-refractivity contribution is 8.33. The van der Waals surface area contributed by atoms with Crippen molar-refractivity contribution in [2.45, 2.75) is 23.1 Å². The minimum absolute atomic E-state index is 0.142. The quantitative estimate of drug-likeness (QED) is 0.272. The number of carbonyl (C=O) groups is 1. The Hall–Kier alpha value is -3.10. The van der Waals surface area contributed by atoms with Crippen LogP contribution >= 0.6 is 10.0 Å². The van der Waals surface area contributed by atoms with Crippen LogP contribution in [0.2, 0.25) is 0 Å². The van der Waals surface area contributed by atoms with Crippen LogP contribution in [-0.4, -0.2) is 18.3 Å². The molecule has 1 aliphatic carbocycles. The zero-order valence-electron chi connectivity index (χ0n) is 18.0. The fraction of sp³-hybridized carbons (Fsp3) is 0.138. The highest BCUT2D eigenvalue weighted by atomic mass is 32.3. The van der Waals surface area contributed by atoms with Gasteiger partial charge in [0.2, 0.25) is 0 Å². The number of ketones is 1. The van der Waals surface area contributed by atoms with E-state index in [1.54, 1.807) is 0 Å². The van der Waals surface area contributed by atoms with Crippen molar-refractivity contribution in [1.82, 2.24) is 0 Å². The first-order valence-electron chi connectivity index (χ1n) is 10.8. The second-order valence-corrected chi connectivity index (χ2v) is 12.4. The molecule has 0 saturated heterocycles. The molecule has 0 amide bonds. The largest absolute Gasteiger partial charge is 0.289 e. The molecule has 1 aliphatic heterocycles. The Morgan fingerprint density at radius 3 is 2.03 bits per heavy atom. The second-order valence-electron chi connectivity index (χ2n) is 8.82. The third kappa shape index (κ3) is 2.49. The fourth-order valence-electron chi connectivity index (χ4n) is 5.22. The van der Waals surface area contributed by atoms with Gasteiger partial charge < -0.3 is 0 Å². The molecule has 0 bridgehead atoms. The third-order valence-corrected chi connectivity index (χ3v) is 9.64. The lowest BCUT2D eigenvalue weighted by molar-refractivity contribution is 0.103. The first-order valence-corrected chi connectivity index (χ1v) is 13.2. The molecule has 1 nitrogen and oxygen atoms in total. The highest BCUT2D eigenvalue weighted by Gasteiger charge is 2.36. The molecule has 2 heteroatoms. The first kappa shape index (κ1) is 18.7. The lowest BCUT2D eigenvalue weighted by atomic mass is 9.80. The van der Waals surface area contributed by atoms with E-state index in [0.29, 0.717) is 0 Å². The lowest BCUT2D eigenvalue weighted by Gasteiger charge is -2.30. The predicted molar refractivity (Wildman–Crippen MR) is 133 cm³/mol. The van der Waals surface area contributed by atoms with Crippen LogP contribution in [0.4, 0.5) is 0 Å². The number of allylic oxidation sites excluding steroid dienone is 1. The summed E-state index contributed by atoms with van der Waals surface area (Å²) in [7, 11) is -1.16. The monoisotopic (exact) mass is 420 g/mol. The molecule has 4 aromatic carbocycles. The van der Waals surface area contributed by atoms with Crippen molar-refractivity contribution in [3.05, 3.63) is 101 Å². The smallest absolute Gasteiger partial charge is 0.194 e. The molecule has 0 saturated carbocycles. The van der Waals surface area contributed by atoms with Crippen molar-refractivity contribution in [2.75, 3.05) is 12.5 Å². The Balaban J connectivity index is 1.67. The van der Waals surface area contributed by atoms with E-state index in [1.165, 1.54) is 37.3 Å².